The van der Waals surface area contributed by atoms with Gasteiger partial charge in [-0.3, -0.25) is 19.5 Å². The number of guanidine groups is 1. The van der Waals surface area contributed by atoms with E-state index < -0.39 is 6.36 Å². The number of likely N-dealkylation sites (tertiary alicyclic amines) is 1. The molecule has 144 valence electrons. The van der Waals surface area contributed by atoms with Crippen LogP contribution in [0.4, 0.5) is 18.9 Å². The molecule has 0 aromatic heterocycles. The number of nitrogens with zero attached hydrogens (tertiary/aromatic N) is 2. The van der Waals surface area contributed by atoms with Gasteiger partial charge in [0.15, 0.2) is 5.96 Å². The molecule has 1 aromatic carbocycles. The van der Waals surface area contributed by atoms with Gasteiger partial charge >= 0.3 is 6.36 Å². The minimum absolute atomic E-state index is 0. The van der Waals surface area contributed by atoms with Gasteiger partial charge in [0.1, 0.15) is 5.75 Å². The van der Waals surface area contributed by atoms with Crippen molar-refractivity contribution in [3.8, 4) is 5.75 Å². The van der Waals surface area contributed by atoms with Crippen LogP contribution in [0, 0.1) is 0 Å². The monoisotopic (exact) mass is 486 g/mol. The molecule has 11 heteroatoms. The number of ether oxygens (including phenoxy) is 1. The van der Waals surface area contributed by atoms with Gasteiger partial charge in [-0.25, -0.2) is 0 Å². The topological polar surface area (TPSA) is 97.0 Å². The fourth-order valence-electron chi connectivity index (χ4n) is 2.25. The first kappa shape index (κ1) is 22.0. The predicted octanol–water partition coefficient (Wildman–Crippen LogP) is 2.47. The summed E-state index contributed by atoms with van der Waals surface area (Å²) in [5.41, 5.74) is 6.09. The largest absolute Gasteiger partial charge is 0.573 e. The summed E-state index contributed by atoms with van der Waals surface area (Å²) in [4.78, 5) is 28.4. The first-order valence-electron chi connectivity index (χ1n) is 7.50. The minimum atomic E-state index is -4.75. The molecule has 2 rings (SSSR count). The van der Waals surface area contributed by atoms with Gasteiger partial charge in [0.25, 0.3) is 0 Å². The molecule has 1 aliphatic rings. The van der Waals surface area contributed by atoms with Crippen molar-refractivity contribution in [3.63, 3.8) is 0 Å². The molecule has 1 saturated heterocycles. The average molecular weight is 486 g/mol. The number of carbonyl (C=O) groups is 2. The summed E-state index contributed by atoms with van der Waals surface area (Å²) in [6, 6.07) is 4.96. The van der Waals surface area contributed by atoms with Gasteiger partial charge < -0.3 is 15.8 Å². The molecule has 0 spiro atoms. The smallest absolute Gasteiger partial charge is 0.406 e. The van der Waals surface area contributed by atoms with Crippen molar-refractivity contribution in [3.05, 3.63) is 24.3 Å². The lowest BCUT2D eigenvalue weighted by molar-refractivity contribution is -0.274. The zero-order valence-electron chi connectivity index (χ0n) is 13.6. The van der Waals surface area contributed by atoms with Gasteiger partial charge in [-0.05, 0) is 30.7 Å². The number of hydrogen-bond acceptors (Lipinski definition) is 4. The fourth-order valence-corrected chi connectivity index (χ4v) is 2.25. The van der Waals surface area contributed by atoms with E-state index in [1.807, 2.05) is 0 Å². The molecule has 1 heterocycles. The van der Waals surface area contributed by atoms with Crippen LogP contribution in [-0.2, 0) is 9.59 Å². The second-order valence-electron chi connectivity index (χ2n) is 5.26. The first-order valence-corrected chi connectivity index (χ1v) is 7.50. The SMILES string of the molecule is I.NC(=NCCN1C(=O)CCCC1=O)Nc1ccc(OC(F)(F)F)cc1. The van der Waals surface area contributed by atoms with Crippen LogP contribution in [0.3, 0.4) is 0 Å². The van der Waals surface area contributed by atoms with Crippen LogP contribution < -0.4 is 15.8 Å². The van der Waals surface area contributed by atoms with Crippen molar-refractivity contribution in [2.24, 2.45) is 10.7 Å². The number of nitrogens with one attached hydrogen (secondary N) is 1. The Balaban J connectivity index is 0.00000338. The van der Waals surface area contributed by atoms with Crippen molar-refractivity contribution in [2.45, 2.75) is 25.6 Å². The van der Waals surface area contributed by atoms with Crippen molar-refractivity contribution in [1.82, 2.24) is 4.90 Å². The molecule has 0 radical (unpaired) electrons. The molecule has 1 aromatic rings. The van der Waals surface area contributed by atoms with Crippen LogP contribution in [0.2, 0.25) is 0 Å². The maximum absolute atomic E-state index is 12.1. The molecule has 0 saturated carbocycles. The van der Waals surface area contributed by atoms with Gasteiger partial charge in [-0.15, -0.1) is 37.1 Å². The molecule has 1 fully saturated rings. The number of alkyl halides is 3. The standard InChI is InChI=1S/C15H17F3N4O3.HI/c16-15(17,18)25-11-6-4-10(5-7-11)21-14(19)20-8-9-22-12(23)2-1-3-13(22)24;/h4-7H,1-3,8-9H2,(H3,19,20,21);1H. The normalized spacial score (nSPS) is 15.5. The van der Waals surface area contributed by atoms with Gasteiger partial charge in [0, 0.05) is 25.1 Å². The zero-order chi connectivity index (χ0) is 18.4. The van der Waals surface area contributed by atoms with Crippen LogP contribution in [0.5, 0.6) is 5.75 Å². The van der Waals surface area contributed by atoms with Crippen LogP contribution in [0.15, 0.2) is 29.3 Å². The number of halogens is 4. The lowest BCUT2D eigenvalue weighted by Gasteiger charge is -2.23. The Morgan fingerprint density at radius 1 is 1.19 bits per heavy atom. The Labute approximate surface area is 164 Å². The van der Waals surface area contributed by atoms with E-state index in [2.05, 4.69) is 15.0 Å². The number of rotatable bonds is 5. The maximum Gasteiger partial charge on any atom is 0.573 e. The molecule has 0 unspecified atom stereocenters. The second kappa shape index (κ2) is 9.59. The number of anilines is 1. The van der Waals surface area contributed by atoms with E-state index in [0.717, 1.165) is 17.0 Å². The Kier molecular flexibility index (Phi) is 8.11. The Hall–Kier alpha value is -2.05. The summed E-state index contributed by atoms with van der Waals surface area (Å²) < 4.78 is 40.0. The predicted molar refractivity (Wildman–Crippen MR) is 99.2 cm³/mol. The van der Waals surface area contributed by atoms with Crippen molar-refractivity contribution < 1.29 is 27.5 Å². The van der Waals surface area contributed by atoms with Gasteiger partial charge in [-0.2, -0.15) is 0 Å². The molecule has 0 atom stereocenters. The second-order valence-corrected chi connectivity index (χ2v) is 5.26. The van der Waals surface area contributed by atoms with E-state index in [1.54, 1.807) is 0 Å². The molecule has 1 aliphatic heterocycles. The van der Waals surface area contributed by atoms with E-state index in [1.165, 1.54) is 12.1 Å². The molecule has 0 bridgehead atoms. The number of imide groups is 1. The minimum Gasteiger partial charge on any atom is -0.406 e. The average Bonchev–Trinajstić information content (AvgIpc) is 2.51. The van der Waals surface area contributed by atoms with Crippen molar-refractivity contribution in [2.75, 3.05) is 18.4 Å². The zero-order valence-corrected chi connectivity index (χ0v) is 15.9. The van der Waals surface area contributed by atoms with Gasteiger partial charge in [0.2, 0.25) is 11.8 Å². The van der Waals surface area contributed by atoms with Crippen LogP contribution in [0.25, 0.3) is 0 Å². The molecular formula is C15H18F3IN4O3. The number of amides is 2. The third-order valence-corrected chi connectivity index (χ3v) is 3.35. The van der Waals surface area contributed by atoms with Crippen molar-refractivity contribution >= 4 is 47.4 Å². The Morgan fingerprint density at radius 2 is 1.77 bits per heavy atom. The van der Waals surface area contributed by atoms with E-state index in [-0.39, 0.29) is 60.6 Å². The first-order chi connectivity index (χ1) is 11.7. The molecular weight excluding hydrogens is 468 g/mol. The molecule has 2 amide bonds. The van der Waals surface area contributed by atoms with Crippen molar-refractivity contribution in [1.29, 1.82) is 0 Å². The molecule has 7 nitrogen and oxygen atoms in total. The lowest BCUT2D eigenvalue weighted by atomic mass is 10.1. The lowest BCUT2D eigenvalue weighted by Crippen LogP contribution is -2.41. The van der Waals surface area contributed by atoms with Crippen LogP contribution in [-0.4, -0.2) is 42.1 Å². The summed E-state index contributed by atoms with van der Waals surface area (Å²) in [7, 11) is 0. The number of benzene rings is 1. The van der Waals surface area contributed by atoms with E-state index in [4.69, 9.17) is 5.73 Å². The van der Waals surface area contributed by atoms with Crippen LogP contribution >= 0.6 is 24.0 Å². The Morgan fingerprint density at radius 3 is 2.31 bits per heavy atom. The molecule has 0 aliphatic carbocycles. The number of carbonyl (C=O) groups excluding carboxylic acids is 2. The molecule has 3 N–H and O–H groups in total. The van der Waals surface area contributed by atoms with Crippen LogP contribution in [0.1, 0.15) is 19.3 Å². The maximum atomic E-state index is 12.1. The highest BCUT2D eigenvalue weighted by Gasteiger charge is 2.31. The van der Waals surface area contributed by atoms with E-state index in [9.17, 15) is 22.8 Å². The Bertz CT molecular complexity index is 649. The quantitative estimate of drug-likeness (QED) is 0.289. The highest BCUT2D eigenvalue weighted by molar-refractivity contribution is 14.0. The fraction of sp³-hybridized carbons (Fsp3) is 0.400. The number of aliphatic imine (C=N–C) groups is 1. The van der Waals surface area contributed by atoms with E-state index in [0.29, 0.717) is 24.9 Å². The summed E-state index contributed by atoms with van der Waals surface area (Å²) >= 11 is 0. The summed E-state index contributed by atoms with van der Waals surface area (Å²) in [5.74, 6) is -0.784. The van der Waals surface area contributed by atoms with Gasteiger partial charge in [-0.1, -0.05) is 0 Å². The number of piperidine rings is 1. The third kappa shape index (κ3) is 7.06. The highest BCUT2D eigenvalue weighted by Crippen LogP contribution is 2.23. The summed E-state index contributed by atoms with van der Waals surface area (Å²) in [5, 5.41) is 2.69. The van der Waals surface area contributed by atoms with Gasteiger partial charge in [0.05, 0.1) is 6.54 Å². The number of nitrogens with two attached hydrogens (primary N) is 1. The van der Waals surface area contributed by atoms with E-state index >= 15 is 0 Å². The molecule has 26 heavy (non-hydrogen) atoms. The summed E-state index contributed by atoms with van der Waals surface area (Å²) in [6.45, 7) is 0.268. The summed E-state index contributed by atoms with van der Waals surface area (Å²) in [6.07, 6.45) is -3.50. The highest BCUT2D eigenvalue weighted by atomic mass is 127. The number of hydrogen-bond donors (Lipinski definition) is 2. The third-order valence-electron chi connectivity index (χ3n) is 3.35.